The molecule has 0 aliphatic heterocycles. The number of fused-ring (bicyclic) bond motifs is 3. The first kappa shape index (κ1) is 15.3. The molecule has 0 saturated heterocycles. The molecule has 2 aromatic rings. The molecule has 1 N–H and O–H groups in total. The number of carboxylic acids is 1. The first-order valence-electron chi connectivity index (χ1n) is 7.64. The van der Waals surface area contributed by atoms with Crippen molar-refractivity contribution in [1.82, 2.24) is 0 Å². The molecular weight excluding hydrogens is 292 g/mol. The average Bonchev–Trinajstić information content (AvgIpc) is 2.87. The molecule has 0 heterocycles. The van der Waals surface area contributed by atoms with Gasteiger partial charge in [0, 0.05) is 5.92 Å². The Labute approximate surface area is 134 Å². The zero-order valence-electron chi connectivity index (χ0n) is 12.9. The lowest BCUT2D eigenvalue weighted by Crippen LogP contribution is -2.18. The van der Waals surface area contributed by atoms with Gasteiger partial charge in [0.1, 0.15) is 6.61 Å². The van der Waals surface area contributed by atoms with Crippen LogP contribution in [0.4, 0.5) is 0 Å². The second kappa shape index (κ2) is 6.24. The highest BCUT2D eigenvalue weighted by Gasteiger charge is 2.29. The van der Waals surface area contributed by atoms with Crippen LogP contribution in [0.15, 0.2) is 48.5 Å². The monoisotopic (exact) mass is 310 g/mol. The Balaban J connectivity index is 1.76. The van der Waals surface area contributed by atoms with Crippen molar-refractivity contribution in [3.05, 3.63) is 59.7 Å². The average molecular weight is 310 g/mol. The zero-order chi connectivity index (χ0) is 16.4. The number of carbonyl (C=O) groups excluding carboxylic acids is 1. The summed E-state index contributed by atoms with van der Waals surface area (Å²) in [5.74, 6) is -2.18. The third-order valence-electron chi connectivity index (χ3n) is 4.27. The van der Waals surface area contributed by atoms with Crippen LogP contribution in [-0.4, -0.2) is 23.7 Å². The fourth-order valence-electron chi connectivity index (χ4n) is 3.01. The van der Waals surface area contributed by atoms with Gasteiger partial charge in [0.15, 0.2) is 0 Å². The van der Waals surface area contributed by atoms with Gasteiger partial charge in [-0.15, -0.1) is 0 Å². The predicted octanol–water partition coefficient (Wildman–Crippen LogP) is 3.45. The summed E-state index contributed by atoms with van der Waals surface area (Å²) in [7, 11) is 0. The molecule has 4 nitrogen and oxygen atoms in total. The van der Waals surface area contributed by atoms with E-state index in [-0.39, 0.29) is 18.9 Å². The van der Waals surface area contributed by atoms with Crippen molar-refractivity contribution in [2.75, 3.05) is 6.61 Å². The van der Waals surface area contributed by atoms with E-state index in [1.165, 1.54) is 18.1 Å². The van der Waals surface area contributed by atoms with Crippen LogP contribution in [-0.2, 0) is 14.3 Å². The van der Waals surface area contributed by atoms with E-state index in [9.17, 15) is 9.59 Å². The summed E-state index contributed by atoms with van der Waals surface area (Å²) in [6, 6.07) is 16.2. The van der Waals surface area contributed by atoms with Crippen molar-refractivity contribution in [3.63, 3.8) is 0 Å². The van der Waals surface area contributed by atoms with Crippen LogP contribution in [0.1, 0.15) is 30.4 Å². The number of rotatable bonds is 5. The maximum atomic E-state index is 11.9. The fourth-order valence-corrected chi connectivity index (χ4v) is 3.01. The van der Waals surface area contributed by atoms with Crippen LogP contribution in [0, 0.1) is 5.92 Å². The lowest BCUT2D eigenvalue weighted by Gasteiger charge is -2.14. The van der Waals surface area contributed by atoms with Gasteiger partial charge in [0.25, 0.3) is 0 Å². The van der Waals surface area contributed by atoms with Gasteiger partial charge in [0.2, 0.25) is 0 Å². The van der Waals surface area contributed by atoms with Crippen LogP contribution in [0.2, 0.25) is 0 Å². The Bertz CT molecular complexity index is 705. The topological polar surface area (TPSA) is 63.6 Å². The molecule has 4 heteroatoms. The second-order valence-electron chi connectivity index (χ2n) is 5.85. The predicted molar refractivity (Wildman–Crippen MR) is 86.1 cm³/mol. The van der Waals surface area contributed by atoms with Crippen molar-refractivity contribution in [2.45, 2.75) is 19.3 Å². The quantitative estimate of drug-likeness (QED) is 0.859. The van der Waals surface area contributed by atoms with Crippen LogP contribution >= 0.6 is 0 Å². The van der Waals surface area contributed by atoms with Gasteiger partial charge in [-0.3, -0.25) is 9.59 Å². The number of carbonyl (C=O) groups is 2. The first-order chi connectivity index (χ1) is 11.1. The molecule has 0 saturated carbocycles. The van der Waals surface area contributed by atoms with Crippen LogP contribution < -0.4 is 0 Å². The number of aliphatic carboxylic acids is 1. The Hall–Kier alpha value is -2.62. The molecule has 0 spiro atoms. The number of carboxylic acid groups (broad SMARTS) is 1. The van der Waals surface area contributed by atoms with Crippen molar-refractivity contribution < 1.29 is 19.4 Å². The third-order valence-corrected chi connectivity index (χ3v) is 4.27. The van der Waals surface area contributed by atoms with Crippen molar-refractivity contribution >= 4 is 11.9 Å². The highest BCUT2D eigenvalue weighted by molar-refractivity contribution is 5.80. The largest absolute Gasteiger partial charge is 0.481 e. The van der Waals surface area contributed by atoms with Gasteiger partial charge >= 0.3 is 11.9 Å². The molecule has 1 aliphatic rings. The normalized spacial score (nSPS) is 14.0. The number of benzene rings is 2. The number of hydrogen-bond acceptors (Lipinski definition) is 3. The number of ether oxygens (including phenoxy) is 1. The number of hydrogen-bond donors (Lipinski definition) is 1. The first-order valence-corrected chi connectivity index (χ1v) is 7.64. The second-order valence-corrected chi connectivity index (χ2v) is 5.85. The molecule has 0 fully saturated rings. The van der Waals surface area contributed by atoms with E-state index < -0.39 is 17.9 Å². The molecule has 2 aromatic carbocycles. The van der Waals surface area contributed by atoms with Crippen molar-refractivity contribution in [2.24, 2.45) is 5.92 Å². The van der Waals surface area contributed by atoms with Gasteiger partial charge in [-0.25, -0.2) is 0 Å². The molecule has 0 aromatic heterocycles. The molecule has 1 atom stereocenters. The van der Waals surface area contributed by atoms with E-state index in [1.54, 1.807) is 0 Å². The molecule has 23 heavy (non-hydrogen) atoms. The highest BCUT2D eigenvalue weighted by Crippen LogP contribution is 2.44. The lowest BCUT2D eigenvalue weighted by molar-refractivity contribution is -0.151. The lowest BCUT2D eigenvalue weighted by atomic mass is 9.98. The number of esters is 1. The summed E-state index contributed by atoms with van der Waals surface area (Å²) in [5, 5.41) is 8.86. The molecule has 0 radical (unpaired) electrons. The maximum absolute atomic E-state index is 11.9. The molecule has 3 rings (SSSR count). The summed E-state index contributed by atoms with van der Waals surface area (Å²) >= 11 is 0. The Morgan fingerprint density at radius 3 is 2.09 bits per heavy atom. The van der Waals surface area contributed by atoms with E-state index in [0.717, 1.165) is 11.1 Å². The van der Waals surface area contributed by atoms with Gasteiger partial charge in [-0.1, -0.05) is 55.5 Å². The fraction of sp³-hybridized carbons (Fsp3) is 0.263. The smallest absolute Gasteiger partial charge is 0.306 e. The van der Waals surface area contributed by atoms with Crippen molar-refractivity contribution in [1.29, 1.82) is 0 Å². The Kier molecular flexibility index (Phi) is 4.15. The van der Waals surface area contributed by atoms with Crippen LogP contribution in [0.25, 0.3) is 11.1 Å². The summed E-state index contributed by atoms with van der Waals surface area (Å²) < 4.78 is 5.36. The minimum atomic E-state index is -0.987. The van der Waals surface area contributed by atoms with Crippen LogP contribution in [0.5, 0.6) is 0 Å². The maximum Gasteiger partial charge on any atom is 0.306 e. The van der Waals surface area contributed by atoms with E-state index in [2.05, 4.69) is 12.1 Å². The van der Waals surface area contributed by atoms with E-state index in [1.807, 2.05) is 36.4 Å². The summed E-state index contributed by atoms with van der Waals surface area (Å²) in [4.78, 5) is 22.7. The Morgan fingerprint density at radius 2 is 1.57 bits per heavy atom. The minimum Gasteiger partial charge on any atom is -0.481 e. The molecular formula is C19H18O4. The Morgan fingerprint density at radius 1 is 1.04 bits per heavy atom. The van der Waals surface area contributed by atoms with Gasteiger partial charge in [-0.05, 0) is 22.3 Å². The summed E-state index contributed by atoms with van der Waals surface area (Å²) in [6.07, 6.45) is -0.106. The van der Waals surface area contributed by atoms with Crippen LogP contribution in [0.3, 0.4) is 0 Å². The van der Waals surface area contributed by atoms with E-state index >= 15 is 0 Å². The summed E-state index contributed by atoms with van der Waals surface area (Å²) in [6.45, 7) is 1.74. The highest BCUT2D eigenvalue weighted by atomic mass is 16.5. The van der Waals surface area contributed by atoms with Gasteiger partial charge in [0.05, 0.1) is 12.3 Å². The zero-order valence-corrected chi connectivity index (χ0v) is 12.9. The SMILES string of the molecule is CC(CC(=O)OCC1c2ccccc2-c2ccccc21)C(=O)O. The molecule has 118 valence electrons. The van der Waals surface area contributed by atoms with Crippen molar-refractivity contribution in [3.8, 4) is 11.1 Å². The molecule has 1 unspecified atom stereocenters. The van der Waals surface area contributed by atoms with E-state index in [0.29, 0.717) is 0 Å². The van der Waals surface area contributed by atoms with Gasteiger partial charge < -0.3 is 9.84 Å². The molecule has 0 bridgehead atoms. The molecule has 0 amide bonds. The van der Waals surface area contributed by atoms with E-state index in [4.69, 9.17) is 9.84 Å². The summed E-state index contributed by atoms with van der Waals surface area (Å²) in [5.41, 5.74) is 4.63. The third kappa shape index (κ3) is 2.97. The minimum absolute atomic E-state index is 0.00600. The standard InChI is InChI=1S/C19H18O4/c1-12(19(21)22)10-18(20)23-11-17-15-8-4-2-6-13(15)14-7-3-5-9-16(14)17/h2-9,12,17H,10-11H2,1H3,(H,21,22). The molecule has 1 aliphatic carbocycles. The van der Waals surface area contributed by atoms with Gasteiger partial charge in [-0.2, -0.15) is 0 Å².